The summed E-state index contributed by atoms with van der Waals surface area (Å²) in [6.07, 6.45) is 4.13. The van der Waals surface area contributed by atoms with Crippen molar-refractivity contribution in [2.45, 2.75) is 64.2 Å². The van der Waals surface area contributed by atoms with Crippen molar-refractivity contribution in [3.05, 3.63) is 70.4 Å². The van der Waals surface area contributed by atoms with E-state index in [4.69, 9.17) is 9.97 Å². The highest BCUT2D eigenvalue weighted by atomic mass is 32.2. The Morgan fingerprint density at radius 1 is 1.00 bits per heavy atom. The van der Waals surface area contributed by atoms with Crippen LogP contribution in [0.15, 0.2) is 58.7 Å². The maximum absolute atomic E-state index is 13.4. The number of aromatic nitrogens is 4. The molecule has 1 aromatic carbocycles. The molecule has 32 heavy (non-hydrogen) atoms. The molecule has 0 N–H and O–H groups in total. The third kappa shape index (κ3) is 4.74. The number of fused-ring (bicyclic) bond motifs is 2. The molecule has 0 spiro atoms. The number of nitrogens with zero attached hydrogens (tertiary/aromatic N) is 5. The van der Waals surface area contributed by atoms with Crippen molar-refractivity contribution in [2.75, 3.05) is 6.54 Å². The van der Waals surface area contributed by atoms with Crippen LogP contribution in [-0.4, -0.2) is 42.5 Å². The van der Waals surface area contributed by atoms with Crippen LogP contribution >= 0.6 is 11.8 Å². The van der Waals surface area contributed by atoms with Gasteiger partial charge in [0.2, 0.25) is 0 Å². The van der Waals surface area contributed by atoms with Crippen molar-refractivity contribution in [3.8, 4) is 0 Å². The van der Waals surface area contributed by atoms with Crippen molar-refractivity contribution in [3.63, 3.8) is 0 Å². The third-order valence-corrected chi connectivity index (χ3v) is 6.74. The molecule has 6 nitrogen and oxygen atoms in total. The summed E-state index contributed by atoms with van der Waals surface area (Å²) in [5.74, 6) is 0.656. The van der Waals surface area contributed by atoms with Crippen molar-refractivity contribution < 1.29 is 0 Å². The van der Waals surface area contributed by atoms with Gasteiger partial charge in [0.15, 0.2) is 5.16 Å². The summed E-state index contributed by atoms with van der Waals surface area (Å²) in [6, 6.07) is 12.5. The summed E-state index contributed by atoms with van der Waals surface area (Å²) >= 11 is 1.57. The number of pyridine rings is 1. The lowest BCUT2D eigenvalue weighted by molar-refractivity contribution is 0.166. The summed E-state index contributed by atoms with van der Waals surface area (Å²) in [6.45, 7) is 12.3. The molecule has 4 aromatic rings. The molecule has 7 heteroatoms. The largest absolute Gasteiger partial charge is 0.307 e. The predicted octanol–water partition coefficient (Wildman–Crippen LogP) is 4.76. The van der Waals surface area contributed by atoms with Gasteiger partial charge in [-0.15, -0.1) is 0 Å². The highest BCUT2D eigenvalue weighted by Gasteiger charge is 2.17. The molecule has 0 aliphatic carbocycles. The lowest BCUT2D eigenvalue weighted by Crippen LogP contribution is -2.40. The van der Waals surface area contributed by atoms with Crippen LogP contribution in [0.1, 0.15) is 39.0 Å². The van der Waals surface area contributed by atoms with Gasteiger partial charge in [-0.25, -0.2) is 9.97 Å². The fraction of sp³-hybridized carbons (Fsp3) is 0.400. The van der Waals surface area contributed by atoms with E-state index in [1.165, 1.54) is 5.56 Å². The highest BCUT2D eigenvalue weighted by Crippen LogP contribution is 2.22. The lowest BCUT2D eigenvalue weighted by Gasteiger charge is -2.30. The minimum atomic E-state index is 0.0242. The van der Waals surface area contributed by atoms with E-state index in [1.807, 2.05) is 34.9 Å². The standard InChI is InChI=1S/C25H31N5OS/c1-17(2)29(18(3)4)12-13-30-24(31)21-8-6-7-9-22(21)27-25(30)32-16-20-15-28-14-19(5)10-11-23(28)26-20/h6-11,14-15,17-18H,12-13,16H2,1-5H3. The van der Waals surface area contributed by atoms with Crippen LogP contribution in [0.4, 0.5) is 0 Å². The van der Waals surface area contributed by atoms with Crippen molar-refractivity contribution in [1.82, 2.24) is 23.8 Å². The Balaban J connectivity index is 1.65. The van der Waals surface area contributed by atoms with Gasteiger partial charge in [0.1, 0.15) is 5.65 Å². The number of hydrogen-bond donors (Lipinski definition) is 0. The normalized spacial score (nSPS) is 12.1. The average Bonchev–Trinajstić information content (AvgIpc) is 3.15. The molecule has 0 unspecified atom stereocenters. The first-order valence-electron chi connectivity index (χ1n) is 11.2. The van der Waals surface area contributed by atoms with E-state index in [1.54, 1.807) is 11.8 Å². The van der Waals surface area contributed by atoms with Gasteiger partial charge in [0.25, 0.3) is 5.56 Å². The van der Waals surface area contributed by atoms with Gasteiger partial charge in [-0.1, -0.05) is 30.0 Å². The number of hydrogen-bond acceptors (Lipinski definition) is 5. The van der Waals surface area contributed by atoms with Crippen LogP contribution < -0.4 is 5.56 Å². The van der Waals surface area contributed by atoms with Crippen molar-refractivity contribution in [2.24, 2.45) is 0 Å². The van der Waals surface area contributed by atoms with Gasteiger partial charge in [0.05, 0.1) is 16.6 Å². The van der Waals surface area contributed by atoms with Crippen LogP contribution in [0.3, 0.4) is 0 Å². The van der Waals surface area contributed by atoms with Crippen LogP contribution in [0.25, 0.3) is 16.6 Å². The summed E-state index contributed by atoms with van der Waals surface area (Å²) in [4.78, 5) is 25.3. The van der Waals surface area contributed by atoms with Gasteiger partial charge in [-0.3, -0.25) is 14.3 Å². The second-order valence-electron chi connectivity index (χ2n) is 8.79. The number of thioether (sulfide) groups is 1. The van der Waals surface area contributed by atoms with Crippen LogP contribution in [0.5, 0.6) is 0 Å². The number of imidazole rings is 1. The van der Waals surface area contributed by atoms with E-state index in [9.17, 15) is 4.79 Å². The first-order valence-corrected chi connectivity index (χ1v) is 12.1. The van der Waals surface area contributed by atoms with Gasteiger partial charge in [0, 0.05) is 43.3 Å². The van der Waals surface area contributed by atoms with E-state index in [2.05, 4.69) is 62.4 Å². The van der Waals surface area contributed by atoms with Gasteiger partial charge < -0.3 is 4.40 Å². The first kappa shape index (κ1) is 22.6. The molecule has 0 atom stereocenters. The highest BCUT2D eigenvalue weighted by molar-refractivity contribution is 7.98. The summed E-state index contributed by atoms with van der Waals surface area (Å²) in [7, 11) is 0. The Kier molecular flexibility index (Phi) is 6.67. The fourth-order valence-electron chi connectivity index (χ4n) is 4.15. The zero-order chi connectivity index (χ0) is 22.8. The van der Waals surface area contributed by atoms with Crippen LogP contribution in [-0.2, 0) is 12.3 Å². The lowest BCUT2D eigenvalue weighted by atomic mass is 10.2. The molecule has 0 saturated carbocycles. The van der Waals surface area contributed by atoms with E-state index in [0.29, 0.717) is 29.8 Å². The van der Waals surface area contributed by atoms with E-state index in [-0.39, 0.29) is 5.56 Å². The number of para-hydroxylation sites is 1. The Hall–Kier alpha value is -2.64. The molecule has 3 aromatic heterocycles. The predicted molar refractivity (Wildman–Crippen MR) is 132 cm³/mol. The molecule has 0 radical (unpaired) electrons. The molecule has 0 fully saturated rings. The van der Waals surface area contributed by atoms with Gasteiger partial charge in [-0.05, 0) is 58.4 Å². The zero-order valence-corrected chi connectivity index (χ0v) is 20.3. The topological polar surface area (TPSA) is 55.4 Å². The SMILES string of the molecule is Cc1ccc2nc(CSc3nc4ccccc4c(=O)n3CCN(C(C)C)C(C)C)cn2c1. The molecule has 168 valence electrons. The minimum absolute atomic E-state index is 0.0242. The molecule has 3 heterocycles. The molecule has 0 bridgehead atoms. The Labute approximate surface area is 193 Å². The average molecular weight is 450 g/mol. The van der Waals surface area contributed by atoms with Gasteiger partial charge in [-0.2, -0.15) is 0 Å². The molecule has 0 amide bonds. The zero-order valence-electron chi connectivity index (χ0n) is 19.4. The maximum Gasteiger partial charge on any atom is 0.262 e. The summed E-state index contributed by atoms with van der Waals surface area (Å²) < 4.78 is 3.89. The molecule has 0 saturated heterocycles. The molecular formula is C25H31N5OS. The molecule has 0 aliphatic heterocycles. The third-order valence-electron chi connectivity index (χ3n) is 5.73. The van der Waals surface area contributed by atoms with Crippen molar-refractivity contribution in [1.29, 1.82) is 0 Å². The Morgan fingerprint density at radius 2 is 1.75 bits per heavy atom. The van der Waals surface area contributed by atoms with E-state index >= 15 is 0 Å². The Bertz CT molecular complexity index is 1280. The second kappa shape index (κ2) is 9.46. The van der Waals surface area contributed by atoms with E-state index in [0.717, 1.165) is 28.6 Å². The number of benzene rings is 1. The monoisotopic (exact) mass is 449 g/mol. The second-order valence-corrected chi connectivity index (χ2v) is 9.73. The molecular weight excluding hydrogens is 418 g/mol. The summed E-state index contributed by atoms with van der Waals surface area (Å²) in [5.41, 5.74) is 3.86. The molecule has 4 rings (SSSR count). The quantitative estimate of drug-likeness (QED) is 0.287. The minimum Gasteiger partial charge on any atom is -0.307 e. The fourth-order valence-corrected chi connectivity index (χ4v) is 5.06. The summed E-state index contributed by atoms with van der Waals surface area (Å²) in [5, 5.41) is 1.41. The van der Waals surface area contributed by atoms with Crippen LogP contribution in [0.2, 0.25) is 0 Å². The van der Waals surface area contributed by atoms with Crippen molar-refractivity contribution >= 4 is 28.3 Å². The van der Waals surface area contributed by atoms with E-state index < -0.39 is 0 Å². The number of aryl methyl sites for hydroxylation is 1. The number of rotatable bonds is 8. The van der Waals surface area contributed by atoms with Gasteiger partial charge >= 0.3 is 0 Å². The molecule has 0 aliphatic rings. The van der Waals surface area contributed by atoms with Crippen LogP contribution in [0, 0.1) is 6.92 Å². The maximum atomic E-state index is 13.4. The Morgan fingerprint density at radius 3 is 2.50 bits per heavy atom. The smallest absolute Gasteiger partial charge is 0.262 e. The first-order chi connectivity index (χ1) is 15.3.